The number of nitrogens with zero attached hydrogens (tertiary/aromatic N) is 5. The van der Waals surface area contributed by atoms with Crippen LogP contribution >= 0.6 is 23.3 Å². The van der Waals surface area contributed by atoms with Crippen LogP contribution in [-0.2, 0) is 19.2 Å². The second kappa shape index (κ2) is 8.74. The molecule has 1 aromatic heterocycles. The van der Waals surface area contributed by atoms with Crippen molar-refractivity contribution in [2.45, 2.75) is 23.9 Å². The number of aliphatic carboxylic acids is 1. The molecule has 4 heterocycles. The summed E-state index contributed by atoms with van der Waals surface area (Å²) in [5, 5.41) is 25.8. The first kappa shape index (κ1) is 23.2. The lowest BCUT2D eigenvalue weighted by Crippen LogP contribution is -2.71. The van der Waals surface area contributed by atoms with E-state index in [4.69, 9.17) is 10.6 Å². The summed E-state index contributed by atoms with van der Waals surface area (Å²) in [6.07, 6.45) is 4.06. The first-order chi connectivity index (χ1) is 15.6. The largest absolute Gasteiger partial charge is 0.543 e. The number of hydrogen-bond donors (Lipinski definition) is 3. The molecular formula is C18H21N7O6S2. The number of aromatic nitrogens is 2. The number of quaternary nitrogens is 1. The molecule has 0 radical (unpaired) electrons. The van der Waals surface area contributed by atoms with Gasteiger partial charge in [-0.15, -0.1) is 11.8 Å². The molecule has 3 atom stereocenters. The number of fused-ring (bicyclic) bond motifs is 1. The number of nitrogens with one attached hydrogen (secondary N) is 1. The summed E-state index contributed by atoms with van der Waals surface area (Å²) in [5.74, 6) is -2.89. The first-order valence-electron chi connectivity index (χ1n) is 9.82. The molecule has 2 amide bonds. The molecule has 4 N–H and O–H groups in total. The number of carbonyl (C=O) groups is 3. The number of allylic oxidation sites excluding steroid dienone is 1. The summed E-state index contributed by atoms with van der Waals surface area (Å²) in [5.41, 5.74) is 5.17. The summed E-state index contributed by atoms with van der Waals surface area (Å²) < 4.78 is 4.22. The lowest BCUT2D eigenvalue weighted by atomic mass is 10.0. The second-order valence-electron chi connectivity index (χ2n) is 8.02. The van der Waals surface area contributed by atoms with Crippen LogP contribution in [0.4, 0.5) is 5.13 Å². The zero-order valence-corrected chi connectivity index (χ0v) is 19.3. The highest BCUT2D eigenvalue weighted by Crippen LogP contribution is 2.40. The number of anilines is 1. The molecule has 4 rings (SSSR count). The second-order valence-corrected chi connectivity index (χ2v) is 9.90. The van der Waals surface area contributed by atoms with Crippen LogP contribution in [0.2, 0.25) is 0 Å². The lowest BCUT2D eigenvalue weighted by Gasteiger charge is -2.50. The minimum atomic E-state index is -1.48. The number of amides is 2. The molecule has 13 nitrogen and oxygen atoms in total. The van der Waals surface area contributed by atoms with Gasteiger partial charge in [0.2, 0.25) is 11.5 Å². The molecule has 0 saturated carbocycles. The van der Waals surface area contributed by atoms with Gasteiger partial charge in [0.15, 0.2) is 5.13 Å². The lowest BCUT2D eigenvalue weighted by molar-refractivity contribution is -1.06. The molecule has 3 aliphatic heterocycles. The van der Waals surface area contributed by atoms with Crippen molar-refractivity contribution in [3.05, 3.63) is 29.2 Å². The van der Waals surface area contributed by atoms with Gasteiger partial charge in [-0.05, 0) is 11.6 Å². The van der Waals surface area contributed by atoms with Crippen LogP contribution in [0.5, 0.6) is 0 Å². The Hall–Kier alpha value is -3.01. The third-order valence-corrected chi connectivity index (χ3v) is 7.18. The fraction of sp³-hybridized carbons (Fsp3) is 0.444. The van der Waals surface area contributed by atoms with Crippen LogP contribution in [-0.4, -0.2) is 91.5 Å². The van der Waals surface area contributed by atoms with Crippen LogP contribution in [0.1, 0.15) is 12.2 Å². The summed E-state index contributed by atoms with van der Waals surface area (Å²) in [6, 6.07) is -1.02. The number of rotatable bonds is 6. The van der Waals surface area contributed by atoms with Gasteiger partial charge in [0, 0.05) is 23.7 Å². The van der Waals surface area contributed by atoms with Gasteiger partial charge in [-0.25, -0.2) is 0 Å². The summed E-state index contributed by atoms with van der Waals surface area (Å²) in [4.78, 5) is 47.9. The molecule has 2 fully saturated rings. The third-order valence-electron chi connectivity index (χ3n) is 5.33. The SMILES string of the molecule is C[N+]1(C)CCC(/C=C/C2=C(C(=O)[O-])N3C(=O)[C@@H](NC(=O)/C(=N/O)c4nsc(N)n4)[C@H]3SC2)O1. The van der Waals surface area contributed by atoms with Gasteiger partial charge in [0.25, 0.3) is 11.8 Å². The number of thioether (sulfide) groups is 1. The normalized spacial score (nSPS) is 27.0. The number of carboxylic acids is 1. The molecular weight excluding hydrogens is 474 g/mol. The Balaban J connectivity index is 1.48. The highest BCUT2D eigenvalue weighted by Gasteiger charge is 2.53. The fourth-order valence-electron chi connectivity index (χ4n) is 3.76. The average molecular weight is 496 g/mol. The third kappa shape index (κ3) is 4.44. The molecule has 0 aliphatic carbocycles. The van der Waals surface area contributed by atoms with E-state index in [2.05, 4.69) is 19.8 Å². The highest BCUT2D eigenvalue weighted by molar-refractivity contribution is 8.00. The van der Waals surface area contributed by atoms with Gasteiger partial charge in [-0.3, -0.25) is 14.5 Å². The van der Waals surface area contributed by atoms with Gasteiger partial charge in [-0.2, -0.15) is 18.8 Å². The van der Waals surface area contributed by atoms with E-state index in [1.807, 2.05) is 14.1 Å². The fourth-order valence-corrected chi connectivity index (χ4v) is 5.51. The molecule has 0 aromatic carbocycles. The Morgan fingerprint density at radius 1 is 1.45 bits per heavy atom. The van der Waals surface area contributed by atoms with E-state index >= 15 is 0 Å². The van der Waals surface area contributed by atoms with Gasteiger partial charge < -0.3 is 26.2 Å². The average Bonchev–Trinajstić information content (AvgIpc) is 3.34. The van der Waals surface area contributed by atoms with Gasteiger partial charge >= 0.3 is 0 Å². The van der Waals surface area contributed by atoms with Crippen molar-refractivity contribution in [1.29, 1.82) is 0 Å². The number of nitrogen functional groups attached to an aromatic ring is 1. The van der Waals surface area contributed by atoms with Crippen molar-refractivity contribution in [3.63, 3.8) is 0 Å². The zero-order chi connectivity index (χ0) is 23.9. The van der Waals surface area contributed by atoms with E-state index in [1.165, 1.54) is 11.8 Å². The maximum atomic E-state index is 12.8. The number of oxime groups is 1. The minimum absolute atomic E-state index is 0.0718. The Morgan fingerprint density at radius 3 is 2.79 bits per heavy atom. The van der Waals surface area contributed by atoms with Crippen LogP contribution < -0.4 is 16.2 Å². The summed E-state index contributed by atoms with van der Waals surface area (Å²) >= 11 is 2.10. The molecule has 1 aromatic rings. The van der Waals surface area contributed by atoms with Crippen LogP contribution in [0.15, 0.2) is 28.6 Å². The molecule has 15 heteroatoms. The van der Waals surface area contributed by atoms with E-state index < -0.39 is 34.9 Å². The molecule has 176 valence electrons. The number of nitrogens with two attached hydrogens (primary N) is 1. The van der Waals surface area contributed by atoms with Crippen LogP contribution in [0, 0.1) is 0 Å². The Bertz CT molecular complexity index is 1100. The molecule has 3 aliphatic rings. The number of β-lactam (4-membered cyclic amide) rings is 1. The summed E-state index contributed by atoms with van der Waals surface area (Å²) in [6.45, 7) is 0.826. The smallest absolute Gasteiger partial charge is 0.278 e. The first-order valence-corrected chi connectivity index (χ1v) is 11.6. The van der Waals surface area contributed by atoms with Gasteiger partial charge in [0.1, 0.15) is 24.1 Å². The van der Waals surface area contributed by atoms with Crippen LogP contribution in [0.25, 0.3) is 0 Å². The highest BCUT2D eigenvalue weighted by atomic mass is 32.2. The minimum Gasteiger partial charge on any atom is -0.543 e. The quantitative estimate of drug-likeness (QED) is 0.132. The molecule has 0 spiro atoms. The van der Waals surface area contributed by atoms with Gasteiger partial charge in [-0.1, -0.05) is 11.2 Å². The predicted octanol–water partition coefficient (Wildman–Crippen LogP) is -1.96. The van der Waals surface area contributed by atoms with Crippen LogP contribution in [0.3, 0.4) is 0 Å². The maximum absolute atomic E-state index is 12.8. The van der Waals surface area contributed by atoms with E-state index in [0.717, 1.165) is 29.4 Å². The molecule has 2 saturated heterocycles. The Morgan fingerprint density at radius 2 is 2.21 bits per heavy atom. The maximum Gasteiger partial charge on any atom is 0.278 e. The van der Waals surface area contributed by atoms with E-state index in [0.29, 0.717) is 10.2 Å². The van der Waals surface area contributed by atoms with Crippen molar-refractivity contribution < 1.29 is 34.2 Å². The van der Waals surface area contributed by atoms with Crippen molar-refractivity contribution in [3.8, 4) is 0 Å². The molecule has 1 unspecified atom stereocenters. The Labute approximate surface area is 196 Å². The molecule has 0 bridgehead atoms. The van der Waals surface area contributed by atoms with Crippen molar-refractivity contribution in [2.75, 3.05) is 32.1 Å². The molecule has 33 heavy (non-hydrogen) atoms. The van der Waals surface area contributed by atoms with Crippen molar-refractivity contribution in [1.82, 2.24) is 19.6 Å². The van der Waals surface area contributed by atoms with E-state index in [-0.39, 0.29) is 28.5 Å². The number of carboxylic acid groups (broad SMARTS) is 1. The standard InChI is InChI=1S/C18H21N7O6S2/c1-25(2)6-5-9(31-25)4-3-8-7-32-16-11(15(27)24(16)12(8)17(28)29)20-14(26)10(22-30)13-21-18(19)33-23-13/h3-4,9,11,16H,5-7H2,1-2H3,(H4-,19,20,21,23,26,28,29,30)/b4-3+/t9?,11-,16-/m1/s1. The summed E-state index contributed by atoms with van der Waals surface area (Å²) in [7, 11) is 3.86. The van der Waals surface area contributed by atoms with Crippen molar-refractivity contribution >= 4 is 51.9 Å². The predicted molar refractivity (Wildman–Crippen MR) is 115 cm³/mol. The van der Waals surface area contributed by atoms with Crippen molar-refractivity contribution in [2.24, 2.45) is 5.16 Å². The van der Waals surface area contributed by atoms with Gasteiger partial charge in [0.05, 0.1) is 25.8 Å². The Kier molecular flexibility index (Phi) is 6.13. The topological polar surface area (TPSA) is 183 Å². The number of carbonyl (C=O) groups excluding carboxylic acids is 3. The van der Waals surface area contributed by atoms with E-state index in [1.54, 1.807) is 12.2 Å². The number of hydroxylamine groups is 3. The number of hydrogen-bond acceptors (Lipinski definition) is 12. The van der Waals surface area contributed by atoms with E-state index in [9.17, 15) is 24.7 Å². The zero-order valence-electron chi connectivity index (χ0n) is 17.6. The monoisotopic (exact) mass is 495 g/mol.